The Morgan fingerprint density at radius 3 is 3.08 bits per heavy atom. The fourth-order valence-corrected chi connectivity index (χ4v) is 1.35. The van der Waals surface area contributed by atoms with Gasteiger partial charge in [0, 0.05) is 18.0 Å². The molecule has 2 heterocycles. The summed E-state index contributed by atoms with van der Waals surface area (Å²) < 4.78 is 1.79. The third kappa shape index (κ3) is 1.40. The van der Waals surface area contributed by atoms with Crippen LogP contribution in [0, 0.1) is 6.92 Å². The van der Waals surface area contributed by atoms with Gasteiger partial charge in [0.25, 0.3) is 0 Å². The normalized spacial score (nSPS) is 10.9. The molecule has 0 saturated carbocycles. The Morgan fingerprint density at radius 1 is 1.46 bits per heavy atom. The van der Waals surface area contributed by atoms with Gasteiger partial charge < -0.3 is 5.73 Å². The highest BCUT2D eigenvalue weighted by atomic mass is 15.2. The van der Waals surface area contributed by atoms with Gasteiger partial charge in [0.1, 0.15) is 0 Å². The maximum absolute atomic E-state index is 5.48. The molecule has 2 aromatic heterocycles. The van der Waals surface area contributed by atoms with E-state index in [1.54, 1.807) is 4.52 Å². The summed E-state index contributed by atoms with van der Waals surface area (Å²) in [6.07, 6.45) is 6.47. The lowest BCUT2D eigenvalue weighted by atomic mass is 10.2. The van der Waals surface area contributed by atoms with Gasteiger partial charge >= 0.3 is 0 Å². The zero-order valence-corrected chi connectivity index (χ0v) is 7.57. The number of hydrogen-bond acceptors (Lipinski definition) is 3. The van der Waals surface area contributed by atoms with E-state index >= 15 is 0 Å². The predicted molar refractivity (Wildman–Crippen MR) is 50.5 cm³/mol. The molecule has 0 spiro atoms. The van der Waals surface area contributed by atoms with Crippen LogP contribution in [0.4, 0.5) is 0 Å². The minimum Gasteiger partial charge on any atom is -0.330 e. The van der Waals surface area contributed by atoms with Gasteiger partial charge in [-0.3, -0.25) is 0 Å². The van der Waals surface area contributed by atoms with E-state index in [1.165, 1.54) is 0 Å². The second-order valence-corrected chi connectivity index (χ2v) is 3.11. The van der Waals surface area contributed by atoms with Crippen molar-refractivity contribution in [3.05, 3.63) is 29.7 Å². The van der Waals surface area contributed by atoms with E-state index < -0.39 is 0 Å². The lowest BCUT2D eigenvalue weighted by Crippen LogP contribution is -2.02. The van der Waals surface area contributed by atoms with Crippen LogP contribution in [-0.2, 0) is 6.42 Å². The van der Waals surface area contributed by atoms with Crippen molar-refractivity contribution in [2.45, 2.75) is 13.3 Å². The molecule has 2 N–H and O–H groups in total. The Morgan fingerprint density at radius 2 is 2.31 bits per heavy atom. The van der Waals surface area contributed by atoms with Crippen molar-refractivity contribution in [3.63, 3.8) is 0 Å². The summed E-state index contributed by atoms with van der Waals surface area (Å²) in [7, 11) is 0. The average molecular weight is 176 g/mol. The zero-order chi connectivity index (χ0) is 9.26. The highest BCUT2D eigenvalue weighted by Gasteiger charge is 2.03. The summed E-state index contributed by atoms with van der Waals surface area (Å²) in [6, 6.07) is 0. The van der Waals surface area contributed by atoms with Crippen LogP contribution in [0.25, 0.3) is 5.65 Å². The Labute approximate surface area is 76.4 Å². The summed E-state index contributed by atoms with van der Waals surface area (Å²) in [5, 5.41) is 4.20. The number of aryl methyl sites for hydroxylation is 1. The summed E-state index contributed by atoms with van der Waals surface area (Å²) in [5.74, 6) is 0. The van der Waals surface area contributed by atoms with E-state index in [0.717, 1.165) is 23.2 Å². The number of aromatic nitrogens is 3. The molecule has 0 radical (unpaired) electrons. The summed E-state index contributed by atoms with van der Waals surface area (Å²) >= 11 is 0. The zero-order valence-electron chi connectivity index (χ0n) is 7.57. The van der Waals surface area contributed by atoms with Crippen molar-refractivity contribution >= 4 is 5.65 Å². The van der Waals surface area contributed by atoms with Crippen molar-refractivity contribution in [2.24, 2.45) is 5.73 Å². The smallest absolute Gasteiger partial charge is 0.158 e. The first-order valence-electron chi connectivity index (χ1n) is 4.30. The largest absolute Gasteiger partial charge is 0.330 e. The average Bonchev–Trinajstić information content (AvgIpc) is 2.49. The van der Waals surface area contributed by atoms with E-state index in [1.807, 2.05) is 25.5 Å². The number of nitrogens with zero attached hydrogens (tertiary/aromatic N) is 3. The second-order valence-electron chi connectivity index (χ2n) is 3.11. The van der Waals surface area contributed by atoms with Crippen LogP contribution in [0.15, 0.2) is 18.6 Å². The highest BCUT2D eigenvalue weighted by molar-refractivity contribution is 5.46. The molecular weight excluding hydrogens is 164 g/mol. The van der Waals surface area contributed by atoms with E-state index in [-0.39, 0.29) is 0 Å². The Bertz CT molecular complexity index is 418. The molecule has 2 rings (SSSR count). The molecule has 0 saturated heterocycles. The Kier molecular flexibility index (Phi) is 1.98. The molecule has 0 fully saturated rings. The van der Waals surface area contributed by atoms with Crippen molar-refractivity contribution in [1.82, 2.24) is 14.6 Å². The third-order valence-corrected chi connectivity index (χ3v) is 1.97. The minimum atomic E-state index is 0.636. The molecular formula is C9H12N4. The number of nitrogens with two attached hydrogens (primary N) is 1. The third-order valence-electron chi connectivity index (χ3n) is 1.97. The Hall–Kier alpha value is -1.42. The van der Waals surface area contributed by atoms with Gasteiger partial charge in [-0.2, -0.15) is 5.10 Å². The van der Waals surface area contributed by atoms with Gasteiger partial charge in [-0.15, -0.1) is 0 Å². The maximum Gasteiger partial charge on any atom is 0.158 e. The Balaban J connectivity index is 2.55. The summed E-state index contributed by atoms with van der Waals surface area (Å²) in [4.78, 5) is 4.30. The molecule has 13 heavy (non-hydrogen) atoms. The van der Waals surface area contributed by atoms with E-state index in [0.29, 0.717) is 6.54 Å². The van der Waals surface area contributed by atoms with Gasteiger partial charge in [0.2, 0.25) is 0 Å². The minimum absolute atomic E-state index is 0.636. The molecule has 0 bridgehead atoms. The van der Waals surface area contributed by atoms with Gasteiger partial charge in [0.15, 0.2) is 5.65 Å². The van der Waals surface area contributed by atoms with Crippen LogP contribution in [0.2, 0.25) is 0 Å². The lowest BCUT2D eigenvalue weighted by molar-refractivity contribution is 0.927. The first-order valence-corrected chi connectivity index (χ1v) is 4.30. The van der Waals surface area contributed by atoms with Crippen molar-refractivity contribution in [3.8, 4) is 0 Å². The SMILES string of the molecule is Cc1cnc2c(CCN)cnn2c1. The molecule has 0 atom stereocenters. The van der Waals surface area contributed by atoms with Gasteiger partial charge in [-0.05, 0) is 25.5 Å². The molecule has 2 aromatic rings. The molecule has 0 amide bonds. The van der Waals surface area contributed by atoms with Crippen LogP contribution in [0.3, 0.4) is 0 Å². The fraction of sp³-hybridized carbons (Fsp3) is 0.333. The van der Waals surface area contributed by atoms with Gasteiger partial charge in [-0.1, -0.05) is 0 Å². The number of fused-ring (bicyclic) bond motifs is 1. The first kappa shape index (κ1) is 8.19. The van der Waals surface area contributed by atoms with Crippen LogP contribution in [0.5, 0.6) is 0 Å². The quantitative estimate of drug-likeness (QED) is 0.726. The molecule has 0 aliphatic carbocycles. The van der Waals surface area contributed by atoms with Crippen molar-refractivity contribution in [2.75, 3.05) is 6.54 Å². The molecule has 4 nitrogen and oxygen atoms in total. The predicted octanol–water partition coefficient (Wildman–Crippen LogP) is 0.539. The second kappa shape index (κ2) is 3.14. The monoisotopic (exact) mass is 176 g/mol. The summed E-state index contributed by atoms with van der Waals surface area (Å²) in [5.41, 5.74) is 8.61. The number of rotatable bonds is 2. The molecule has 0 aliphatic rings. The van der Waals surface area contributed by atoms with E-state index in [9.17, 15) is 0 Å². The van der Waals surface area contributed by atoms with Crippen LogP contribution in [-0.4, -0.2) is 21.1 Å². The van der Waals surface area contributed by atoms with E-state index in [2.05, 4.69) is 10.1 Å². The van der Waals surface area contributed by atoms with Crippen molar-refractivity contribution in [1.29, 1.82) is 0 Å². The highest BCUT2D eigenvalue weighted by Crippen LogP contribution is 2.08. The van der Waals surface area contributed by atoms with Gasteiger partial charge in [0.05, 0.1) is 6.20 Å². The van der Waals surface area contributed by atoms with Crippen LogP contribution in [0.1, 0.15) is 11.1 Å². The van der Waals surface area contributed by atoms with Crippen LogP contribution >= 0.6 is 0 Å². The van der Waals surface area contributed by atoms with Gasteiger partial charge in [-0.25, -0.2) is 9.50 Å². The molecule has 68 valence electrons. The standard InChI is InChI=1S/C9H12N4/c1-7-4-11-9-8(2-3-10)5-12-13(9)6-7/h4-6H,2-3,10H2,1H3. The van der Waals surface area contributed by atoms with Crippen LogP contribution < -0.4 is 5.73 Å². The molecule has 0 aromatic carbocycles. The maximum atomic E-state index is 5.48. The van der Waals surface area contributed by atoms with E-state index in [4.69, 9.17) is 5.73 Å². The fourth-order valence-electron chi connectivity index (χ4n) is 1.35. The topological polar surface area (TPSA) is 56.2 Å². The van der Waals surface area contributed by atoms with Crippen molar-refractivity contribution < 1.29 is 0 Å². The molecule has 0 unspecified atom stereocenters. The first-order chi connectivity index (χ1) is 6.31. The molecule has 4 heteroatoms. The number of hydrogen-bond donors (Lipinski definition) is 1. The molecule has 0 aliphatic heterocycles. The lowest BCUT2D eigenvalue weighted by Gasteiger charge is -1.96. The summed E-state index contributed by atoms with van der Waals surface area (Å²) in [6.45, 7) is 2.63.